The number of rotatable bonds is 4. The molecule has 134 valence electrons. The molecule has 2 amide bonds. The van der Waals surface area contributed by atoms with Gasteiger partial charge in [-0.1, -0.05) is 0 Å². The zero-order chi connectivity index (χ0) is 18.2. The number of benzene rings is 1. The molecule has 1 N–H and O–H groups in total. The SMILES string of the molecule is C[C@@]12CCC(=O)N1[C@H](C(=O)OCC(=O)Nc1ccc(F)cc1F)CS2. The minimum absolute atomic E-state index is 0.104. The van der Waals surface area contributed by atoms with Gasteiger partial charge in [-0.15, -0.1) is 11.8 Å². The first-order valence-corrected chi connectivity index (χ1v) is 8.66. The quantitative estimate of drug-likeness (QED) is 0.820. The van der Waals surface area contributed by atoms with Gasteiger partial charge in [-0.3, -0.25) is 9.59 Å². The summed E-state index contributed by atoms with van der Waals surface area (Å²) in [7, 11) is 0. The van der Waals surface area contributed by atoms with Gasteiger partial charge in [-0.25, -0.2) is 13.6 Å². The second kappa shape index (κ2) is 6.62. The monoisotopic (exact) mass is 370 g/mol. The summed E-state index contributed by atoms with van der Waals surface area (Å²) in [4.78, 5) is 37.1. The van der Waals surface area contributed by atoms with Crippen molar-refractivity contribution in [1.29, 1.82) is 0 Å². The third-order valence-corrected chi connectivity index (χ3v) is 5.77. The van der Waals surface area contributed by atoms with E-state index >= 15 is 0 Å². The number of fused-ring (bicyclic) bond motifs is 1. The van der Waals surface area contributed by atoms with Crippen LogP contribution in [0.3, 0.4) is 0 Å². The van der Waals surface area contributed by atoms with Gasteiger partial charge in [0.2, 0.25) is 5.91 Å². The van der Waals surface area contributed by atoms with Crippen LogP contribution < -0.4 is 5.32 Å². The number of ether oxygens (including phenoxy) is 1. The van der Waals surface area contributed by atoms with Crippen molar-refractivity contribution in [3.8, 4) is 0 Å². The summed E-state index contributed by atoms with van der Waals surface area (Å²) in [6, 6.07) is 1.99. The molecule has 0 aliphatic carbocycles. The lowest BCUT2D eigenvalue weighted by molar-refractivity contribution is -0.155. The summed E-state index contributed by atoms with van der Waals surface area (Å²) < 4.78 is 31.3. The zero-order valence-corrected chi connectivity index (χ0v) is 14.2. The van der Waals surface area contributed by atoms with Crippen molar-refractivity contribution >= 4 is 35.2 Å². The molecule has 0 unspecified atom stereocenters. The van der Waals surface area contributed by atoms with E-state index in [4.69, 9.17) is 4.74 Å². The van der Waals surface area contributed by atoms with Crippen LogP contribution in [-0.4, -0.2) is 46.0 Å². The molecule has 2 aliphatic rings. The molecule has 0 spiro atoms. The van der Waals surface area contributed by atoms with Gasteiger partial charge in [0.1, 0.15) is 17.7 Å². The number of amides is 2. The highest BCUT2D eigenvalue weighted by Crippen LogP contribution is 2.47. The van der Waals surface area contributed by atoms with Crippen molar-refractivity contribution in [3.05, 3.63) is 29.8 Å². The average molecular weight is 370 g/mol. The minimum atomic E-state index is -0.926. The molecular weight excluding hydrogens is 354 g/mol. The molecule has 9 heteroatoms. The number of hydrogen-bond donors (Lipinski definition) is 1. The van der Waals surface area contributed by atoms with E-state index in [1.54, 1.807) is 0 Å². The number of nitrogens with one attached hydrogen (secondary N) is 1. The molecule has 0 saturated carbocycles. The Balaban J connectivity index is 1.55. The maximum absolute atomic E-state index is 13.5. The Labute approximate surface area is 146 Å². The number of carbonyl (C=O) groups excluding carboxylic acids is 3. The fraction of sp³-hybridized carbons (Fsp3) is 0.438. The highest BCUT2D eigenvalue weighted by Gasteiger charge is 2.53. The van der Waals surface area contributed by atoms with Gasteiger partial charge in [0.25, 0.3) is 5.91 Å². The fourth-order valence-corrected chi connectivity index (χ4v) is 4.42. The number of halogens is 2. The molecule has 2 fully saturated rings. The summed E-state index contributed by atoms with van der Waals surface area (Å²) in [5.74, 6) is -2.80. The number of esters is 1. The van der Waals surface area contributed by atoms with E-state index in [1.165, 1.54) is 16.7 Å². The zero-order valence-electron chi connectivity index (χ0n) is 13.4. The third-order valence-electron chi connectivity index (χ3n) is 4.27. The van der Waals surface area contributed by atoms with Gasteiger partial charge >= 0.3 is 5.97 Å². The molecule has 1 aromatic carbocycles. The van der Waals surface area contributed by atoms with Crippen molar-refractivity contribution in [2.45, 2.75) is 30.7 Å². The molecule has 25 heavy (non-hydrogen) atoms. The van der Waals surface area contributed by atoms with Crippen LogP contribution in [0.15, 0.2) is 18.2 Å². The van der Waals surface area contributed by atoms with E-state index in [2.05, 4.69) is 5.32 Å². The van der Waals surface area contributed by atoms with E-state index in [9.17, 15) is 23.2 Å². The Morgan fingerprint density at radius 2 is 2.20 bits per heavy atom. The molecule has 0 aromatic heterocycles. The van der Waals surface area contributed by atoms with E-state index in [-0.39, 0.29) is 11.6 Å². The van der Waals surface area contributed by atoms with Crippen molar-refractivity contribution in [3.63, 3.8) is 0 Å². The molecule has 1 aromatic rings. The van der Waals surface area contributed by atoms with Gasteiger partial charge in [-0.2, -0.15) is 0 Å². The molecule has 0 bridgehead atoms. The van der Waals surface area contributed by atoms with Crippen molar-refractivity contribution in [2.24, 2.45) is 0 Å². The molecule has 2 heterocycles. The van der Waals surface area contributed by atoms with Crippen LogP contribution in [0.4, 0.5) is 14.5 Å². The predicted octanol–water partition coefficient (Wildman–Crippen LogP) is 1.90. The summed E-state index contributed by atoms with van der Waals surface area (Å²) in [5, 5.41) is 2.20. The third kappa shape index (κ3) is 3.46. The fourth-order valence-electron chi connectivity index (χ4n) is 3.01. The van der Waals surface area contributed by atoms with Crippen LogP contribution in [0.2, 0.25) is 0 Å². The summed E-state index contributed by atoms with van der Waals surface area (Å²) in [5.41, 5.74) is -0.207. The number of nitrogens with zero attached hydrogens (tertiary/aromatic N) is 1. The second-order valence-corrected chi connectivity index (χ2v) is 7.55. The number of hydrogen-bond acceptors (Lipinski definition) is 5. The summed E-state index contributed by atoms with van der Waals surface area (Å²) in [6.07, 6.45) is 1.06. The maximum atomic E-state index is 13.5. The van der Waals surface area contributed by atoms with Gasteiger partial charge in [0.15, 0.2) is 6.61 Å². The van der Waals surface area contributed by atoms with Gasteiger partial charge in [-0.05, 0) is 25.5 Å². The Bertz CT molecular complexity index is 745. The Morgan fingerprint density at radius 1 is 1.44 bits per heavy atom. The largest absolute Gasteiger partial charge is 0.454 e. The lowest BCUT2D eigenvalue weighted by Crippen LogP contribution is -2.47. The predicted molar refractivity (Wildman–Crippen MR) is 86.7 cm³/mol. The van der Waals surface area contributed by atoms with Gasteiger partial charge in [0, 0.05) is 18.2 Å². The Hall–Kier alpha value is -2.16. The first-order chi connectivity index (χ1) is 11.8. The van der Waals surface area contributed by atoms with Crippen LogP contribution in [0, 0.1) is 11.6 Å². The second-order valence-electron chi connectivity index (χ2n) is 6.05. The first-order valence-electron chi connectivity index (χ1n) is 7.68. The van der Waals surface area contributed by atoms with E-state index in [0.29, 0.717) is 24.7 Å². The first kappa shape index (κ1) is 17.7. The van der Waals surface area contributed by atoms with Crippen molar-refractivity contribution < 1.29 is 27.9 Å². The minimum Gasteiger partial charge on any atom is -0.454 e. The van der Waals surface area contributed by atoms with Crippen LogP contribution in [0.25, 0.3) is 0 Å². The standard InChI is InChI=1S/C16H16F2N2O4S/c1-16-5-4-14(22)20(16)12(8-25-16)15(23)24-7-13(21)19-11-3-2-9(17)6-10(11)18/h2-3,6,12H,4-5,7-8H2,1H3,(H,19,21)/t12-,16+/m0/s1. The molecule has 3 rings (SSSR count). The van der Waals surface area contributed by atoms with Crippen molar-refractivity contribution in [1.82, 2.24) is 4.90 Å². The van der Waals surface area contributed by atoms with E-state index in [1.807, 2.05) is 6.92 Å². The maximum Gasteiger partial charge on any atom is 0.330 e. The average Bonchev–Trinajstić information content (AvgIpc) is 3.04. The number of thioether (sulfide) groups is 1. The summed E-state index contributed by atoms with van der Waals surface area (Å²) >= 11 is 1.51. The smallest absolute Gasteiger partial charge is 0.330 e. The van der Waals surface area contributed by atoms with E-state index in [0.717, 1.165) is 12.1 Å². The normalized spacial score (nSPS) is 25.0. The summed E-state index contributed by atoms with van der Waals surface area (Å²) in [6.45, 7) is 1.29. The molecule has 2 saturated heterocycles. The van der Waals surface area contributed by atoms with Crippen LogP contribution in [0.1, 0.15) is 19.8 Å². The van der Waals surface area contributed by atoms with Gasteiger partial charge in [0.05, 0.1) is 10.6 Å². The molecule has 2 atom stereocenters. The number of anilines is 1. The molecule has 6 nitrogen and oxygen atoms in total. The van der Waals surface area contributed by atoms with Crippen LogP contribution in [0.5, 0.6) is 0 Å². The molecule has 0 radical (unpaired) electrons. The lowest BCUT2D eigenvalue weighted by atomic mass is 10.2. The highest BCUT2D eigenvalue weighted by molar-refractivity contribution is 8.01. The number of carbonyl (C=O) groups is 3. The highest BCUT2D eigenvalue weighted by atomic mass is 32.2. The molecule has 2 aliphatic heterocycles. The Morgan fingerprint density at radius 3 is 2.92 bits per heavy atom. The van der Waals surface area contributed by atoms with Crippen LogP contribution in [-0.2, 0) is 19.1 Å². The van der Waals surface area contributed by atoms with Crippen molar-refractivity contribution in [2.75, 3.05) is 17.7 Å². The Kier molecular flexibility index (Phi) is 4.68. The lowest BCUT2D eigenvalue weighted by Gasteiger charge is -2.29. The van der Waals surface area contributed by atoms with Gasteiger partial charge < -0.3 is 15.0 Å². The topological polar surface area (TPSA) is 75.7 Å². The molecular formula is C16H16F2N2O4S. The van der Waals surface area contributed by atoms with Crippen LogP contribution >= 0.6 is 11.8 Å². The van der Waals surface area contributed by atoms with E-state index < -0.39 is 41.0 Å².